The van der Waals surface area contributed by atoms with E-state index in [9.17, 15) is 0 Å². The van der Waals surface area contributed by atoms with Gasteiger partial charge in [0.05, 0.1) is 12.7 Å². The molecule has 3 heteroatoms. The molecule has 0 radical (unpaired) electrons. The molecule has 0 bridgehead atoms. The molecule has 0 fully saturated rings. The highest BCUT2D eigenvalue weighted by Crippen LogP contribution is 2.05. The summed E-state index contributed by atoms with van der Waals surface area (Å²) in [6, 6.07) is -0.0935. The fraction of sp³-hybridized carbons (Fsp3) is 1.00. The quantitative estimate of drug-likeness (QED) is 0.591. The number of hydrogen-bond acceptors (Lipinski definition) is 3. The lowest BCUT2D eigenvalue weighted by Crippen LogP contribution is -2.37. The molecule has 0 aromatic rings. The van der Waals surface area contributed by atoms with Gasteiger partial charge in [0.1, 0.15) is 0 Å². The SMILES string of the molecule is CC(C)CCCOC(CO)C(C)N. The van der Waals surface area contributed by atoms with Gasteiger partial charge in [-0.25, -0.2) is 0 Å². The standard InChI is InChI=1S/C10H23NO2/c1-8(2)5-4-6-13-10(7-12)9(3)11/h8-10,12H,4-7,11H2,1-3H3. The third-order valence-electron chi connectivity index (χ3n) is 2.02. The van der Waals surface area contributed by atoms with Gasteiger partial charge in [-0.05, 0) is 25.7 Å². The first-order chi connectivity index (χ1) is 6.07. The summed E-state index contributed by atoms with van der Waals surface area (Å²) in [5.41, 5.74) is 5.60. The molecule has 0 amide bonds. The van der Waals surface area contributed by atoms with Crippen molar-refractivity contribution < 1.29 is 9.84 Å². The number of rotatable bonds is 7. The summed E-state index contributed by atoms with van der Waals surface area (Å²) in [6.07, 6.45) is 2.00. The van der Waals surface area contributed by atoms with Crippen LogP contribution in [0.15, 0.2) is 0 Å². The molecule has 0 aliphatic rings. The van der Waals surface area contributed by atoms with E-state index >= 15 is 0 Å². The monoisotopic (exact) mass is 189 g/mol. The zero-order valence-electron chi connectivity index (χ0n) is 8.99. The largest absolute Gasteiger partial charge is 0.394 e. The van der Waals surface area contributed by atoms with Crippen molar-refractivity contribution in [3.63, 3.8) is 0 Å². The second-order valence-electron chi connectivity index (χ2n) is 3.99. The van der Waals surface area contributed by atoms with Crippen LogP contribution in [0.5, 0.6) is 0 Å². The first-order valence-corrected chi connectivity index (χ1v) is 5.06. The molecule has 3 nitrogen and oxygen atoms in total. The van der Waals surface area contributed by atoms with Crippen LogP contribution in [0.25, 0.3) is 0 Å². The number of aliphatic hydroxyl groups is 1. The van der Waals surface area contributed by atoms with Gasteiger partial charge < -0.3 is 15.6 Å². The fourth-order valence-corrected chi connectivity index (χ4v) is 1.10. The van der Waals surface area contributed by atoms with E-state index < -0.39 is 0 Å². The molecular weight excluding hydrogens is 166 g/mol. The van der Waals surface area contributed by atoms with E-state index in [0.29, 0.717) is 12.5 Å². The van der Waals surface area contributed by atoms with Crippen molar-refractivity contribution >= 4 is 0 Å². The first kappa shape index (κ1) is 12.9. The maximum Gasteiger partial charge on any atom is 0.0953 e. The Kier molecular flexibility index (Phi) is 7.23. The maximum absolute atomic E-state index is 8.90. The summed E-state index contributed by atoms with van der Waals surface area (Å²) in [6.45, 7) is 6.94. The Hall–Kier alpha value is -0.120. The van der Waals surface area contributed by atoms with Crippen molar-refractivity contribution in [1.29, 1.82) is 0 Å². The smallest absolute Gasteiger partial charge is 0.0953 e. The van der Waals surface area contributed by atoms with Gasteiger partial charge >= 0.3 is 0 Å². The van der Waals surface area contributed by atoms with Crippen LogP contribution in [0.2, 0.25) is 0 Å². The third-order valence-corrected chi connectivity index (χ3v) is 2.02. The summed E-state index contributed by atoms with van der Waals surface area (Å²) in [4.78, 5) is 0. The molecule has 0 aliphatic heterocycles. The zero-order valence-corrected chi connectivity index (χ0v) is 8.99. The Balaban J connectivity index is 3.39. The Labute approximate surface area is 81.3 Å². The van der Waals surface area contributed by atoms with Crippen molar-refractivity contribution in [2.45, 2.75) is 45.8 Å². The van der Waals surface area contributed by atoms with Gasteiger partial charge in [0.25, 0.3) is 0 Å². The summed E-state index contributed by atoms with van der Waals surface area (Å²) in [5, 5.41) is 8.90. The van der Waals surface area contributed by atoms with E-state index in [4.69, 9.17) is 15.6 Å². The first-order valence-electron chi connectivity index (χ1n) is 5.06. The van der Waals surface area contributed by atoms with Gasteiger partial charge in [-0.3, -0.25) is 0 Å². The van der Waals surface area contributed by atoms with E-state index in [1.165, 1.54) is 0 Å². The summed E-state index contributed by atoms with van der Waals surface area (Å²) in [5.74, 6) is 0.714. The lowest BCUT2D eigenvalue weighted by Gasteiger charge is -2.19. The summed E-state index contributed by atoms with van der Waals surface area (Å²) < 4.78 is 5.43. The molecule has 2 unspecified atom stereocenters. The van der Waals surface area contributed by atoms with Crippen molar-refractivity contribution in [2.24, 2.45) is 11.7 Å². The van der Waals surface area contributed by atoms with Crippen LogP contribution >= 0.6 is 0 Å². The molecule has 0 heterocycles. The number of aliphatic hydroxyl groups excluding tert-OH is 1. The molecule has 0 spiro atoms. The van der Waals surface area contributed by atoms with Gasteiger partial charge in [-0.2, -0.15) is 0 Å². The topological polar surface area (TPSA) is 55.5 Å². The molecule has 13 heavy (non-hydrogen) atoms. The molecule has 0 rings (SSSR count). The molecule has 80 valence electrons. The summed E-state index contributed by atoms with van der Waals surface area (Å²) in [7, 11) is 0. The minimum absolute atomic E-state index is 0.0132. The fourth-order valence-electron chi connectivity index (χ4n) is 1.10. The predicted molar refractivity (Wildman–Crippen MR) is 54.5 cm³/mol. The average Bonchev–Trinajstić information content (AvgIpc) is 2.03. The number of ether oxygens (including phenoxy) is 1. The van der Waals surface area contributed by atoms with Crippen molar-refractivity contribution in [2.75, 3.05) is 13.2 Å². The van der Waals surface area contributed by atoms with Crippen LogP contribution in [0.1, 0.15) is 33.6 Å². The van der Waals surface area contributed by atoms with E-state index in [0.717, 1.165) is 12.8 Å². The second kappa shape index (κ2) is 7.30. The van der Waals surface area contributed by atoms with Crippen LogP contribution in [-0.2, 0) is 4.74 Å². The lowest BCUT2D eigenvalue weighted by atomic mass is 10.1. The molecule has 3 N–H and O–H groups in total. The van der Waals surface area contributed by atoms with Crippen LogP contribution in [0.3, 0.4) is 0 Å². The Morgan fingerprint density at radius 3 is 2.31 bits per heavy atom. The zero-order chi connectivity index (χ0) is 10.3. The van der Waals surface area contributed by atoms with Crippen molar-refractivity contribution in [3.8, 4) is 0 Å². The average molecular weight is 189 g/mol. The normalized spacial score (nSPS) is 16.2. The molecule has 2 atom stereocenters. The maximum atomic E-state index is 8.90. The van der Waals surface area contributed by atoms with E-state index in [-0.39, 0.29) is 18.8 Å². The minimum Gasteiger partial charge on any atom is -0.394 e. The predicted octanol–water partition coefficient (Wildman–Crippen LogP) is 1.15. The van der Waals surface area contributed by atoms with Crippen LogP contribution in [-0.4, -0.2) is 30.5 Å². The number of hydrogen-bond donors (Lipinski definition) is 2. The molecule has 0 aromatic carbocycles. The Morgan fingerprint density at radius 1 is 1.31 bits per heavy atom. The molecule has 0 aromatic heterocycles. The van der Waals surface area contributed by atoms with Gasteiger partial charge in [0.15, 0.2) is 0 Å². The summed E-state index contributed by atoms with van der Waals surface area (Å²) >= 11 is 0. The van der Waals surface area contributed by atoms with E-state index in [1.54, 1.807) is 0 Å². The number of nitrogens with two attached hydrogens (primary N) is 1. The Bertz CT molecular complexity index is 115. The lowest BCUT2D eigenvalue weighted by molar-refractivity contribution is -0.00119. The second-order valence-corrected chi connectivity index (χ2v) is 3.99. The third kappa shape index (κ3) is 6.99. The van der Waals surface area contributed by atoms with E-state index in [1.807, 2.05) is 6.92 Å². The Morgan fingerprint density at radius 2 is 1.92 bits per heavy atom. The highest BCUT2D eigenvalue weighted by Gasteiger charge is 2.12. The minimum atomic E-state index is -0.202. The highest BCUT2D eigenvalue weighted by atomic mass is 16.5. The highest BCUT2D eigenvalue weighted by molar-refractivity contribution is 4.66. The van der Waals surface area contributed by atoms with Gasteiger partial charge in [-0.15, -0.1) is 0 Å². The van der Waals surface area contributed by atoms with Crippen molar-refractivity contribution in [1.82, 2.24) is 0 Å². The van der Waals surface area contributed by atoms with Crippen LogP contribution in [0.4, 0.5) is 0 Å². The molecule has 0 saturated carbocycles. The van der Waals surface area contributed by atoms with Crippen LogP contribution in [0, 0.1) is 5.92 Å². The molecule has 0 aliphatic carbocycles. The van der Waals surface area contributed by atoms with Crippen LogP contribution < -0.4 is 5.73 Å². The molecular formula is C10H23NO2. The van der Waals surface area contributed by atoms with Gasteiger partial charge in [-0.1, -0.05) is 13.8 Å². The van der Waals surface area contributed by atoms with Crippen molar-refractivity contribution in [3.05, 3.63) is 0 Å². The molecule has 0 saturated heterocycles. The van der Waals surface area contributed by atoms with E-state index in [2.05, 4.69) is 13.8 Å². The van der Waals surface area contributed by atoms with Gasteiger partial charge in [0, 0.05) is 12.6 Å². The van der Waals surface area contributed by atoms with Gasteiger partial charge in [0.2, 0.25) is 0 Å².